The Balaban J connectivity index is 1.56. The van der Waals surface area contributed by atoms with Crippen molar-refractivity contribution in [3.8, 4) is 0 Å². The second-order valence-electron chi connectivity index (χ2n) is 4.92. The fourth-order valence-electron chi connectivity index (χ4n) is 2.29. The summed E-state index contributed by atoms with van der Waals surface area (Å²) in [6.07, 6.45) is 1.22. The van der Waals surface area contributed by atoms with Crippen molar-refractivity contribution in [2.24, 2.45) is 5.92 Å². The largest absolute Gasteiger partial charge is 0.396 e. The fraction of sp³-hybridized carbons (Fsp3) is 0.429. The van der Waals surface area contributed by atoms with E-state index in [1.807, 2.05) is 23.1 Å². The highest BCUT2D eigenvalue weighted by Gasteiger charge is 2.29. The number of aliphatic hydroxyl groups is 1. The van der Waals surface area contributed by atoms with Gasteiger partial charge in [-0.3, -0.25) is 4.79 Å². The lowest BCUT2D eigenvalue weighted by Crippen LogP contribution is -2.51. The minimum Gasteiger partial charge on any atom is -0.396 e. The lowest BCUT2D eigenvalue weighted by Gasteiger charge is -2.38. The van der Waals surface area contributed by atoms with Crippen LogP contribution >= 0.6 is 11.3 Å². The molecule has 1 aliphatic rings. The van der Waals surface area contributed by atoms with Gasteiger partial charge in [0.05, 0.1) is 15.2 Å². The van der Waals surface area contributed by atoms with E-state index in [1.165, 1.54) is 4.70 Å². The predicted octanol–water partition coefficient (Wildman–Crippen LogP) is 1.68. The van der Waals surface area contributed by atoms with Gasteiger partial charge in [-0.15, -0.1) is 11.3 Å². The summed E-state index contributed by atoms with van der Waals surface area (Å²) in [5, 5.41) is 9.95. The quantitative estimate of drug-likeness (QED) is 0.924. The van der Waals surface area contributed by atoms with Crippen molar-refractivity contribution in [3.05, 3.63) is 29.3 Å². The van der Waals surface area contributed by atoms with Crippen molar-refractivity contribution in [3.63, 3.8) is 0 Å². The molecule has 2 aromatic rings. The van der Waals surface area contributed by atoms with E-state index in [-0.39, 0.29) is 18.4 Å². The highest BCUT2D eigenvalue weighted by Crippen LogP contribution is 2.23. The number of hydrogen-bond acceptors (Lipinski definition) is 4. The first-order valence-corrected chi connectivity index (χ1v) is 7.31. The van der Waals surface area contributed by atoms with E-state index in [0.717, 1.165) is 10.5 Å². The number of hydrogen-bond donors (Lipinski definition) is 1. The molecule has 3 rings (SSSR count). The van der Waals surface area contributed by atoms with Crippen LogP contribution in [0.2, 0.25) is 0 Å². The van der Waals surface area contributed by atoms with E-state index in [0.29, 0.717) is 25.9 Å². The smallest absolute Gasteiger partial charge is 0.223 e. The van der Waals surface area contributed by atoms with Gasteiger partial charge in [0.15, 0.2) is 0 Å². The molecule has 0 unspecified atom stereocenters. The Labute approximate surface area is 115 Å². The van der Waals surface area contributed by atoms with Gasteiger partial charge in [-0.2, -0.15) is 0 Å². The number of benzene rings is 1. The lowest BCUT2D eigenvalue weighted by atomic mass is 10.0. The zero-order chi connectivity index (χ0) is 13.2. The van der Waals surface area contributed by atoms with Gasteiger partial charge in [-0.05, 0) is 12.1 Å². The molecular formula is C14H16N2O2S. The number of para-hydroxylation sites is 1. The summed E-state index contributed by atoms with van der Waals surface area (Å²) in [5.74, 6) is 0.454. The number of thiazole rings is 1. The predicted molar refractivity (Wildman–Crippen MR) is 75.1 cm³/mol. The van der Waals surface area contributed by atoms with Crippen LogP contribution in [0.25, 0.3) is 10.2 Å². The standard InChI is InChI=1S/C14H16N2O2S/c17-9-10-7-16(8-10)14(18)6-5-13-15-11-3-1-2-4-12(11)19-13/h1-4,10,17H,5-9H2. The number of nitrogens with zero attached hydrogens (tertiary/aromatic N) is 2. The summed E-state index contributed by atoms with van der Waals surface area (Å²) in [6, 6.07) is 8.04. The van der Waals surface area contributed by atoms with Crippen molar-refractivity contribution in [2.45, 2.75) is 12.8 Å². The van der Waals surface area contributed by atoms with E-state index in [2.05, 4.69) is 11.1 Å². The van der Waals surface area contributed by atoms with E-state index >= 15 is 0 Å². The van der Waals surface area contributed by atoms with Crippen LogP contribution in [0.1, 0.15) is 11.4 Å². The van der Waals surface area contributed by atoms with Gasteiger partial charge < -0.3 is 10.0 Å². The van der Waals surface area contributed by atoms with E-state index in [9.17, 15) is 4.79 Å². The molecule has 5 heteroatoms. The van der Waals surface area contributed by atoms with Gasteiger partial charge in [0.25, 0.3) is 0 Å². The molecule has 19 heavy (non-hydrogen) atoms. The number of amides is 1. The van der Waals surface area contributed by atoms with E-state index in [4.69, 9.17) is 5.11 Å². The van der Waals surface area contributed by atoms with Crippen LogP contribution in [-0.2, 0) is 11.2 Å². The minimum atomic E-state index is 0.170. The first-order chi connectivity index (χ1) is 9.26. The number of rotatable bonds is 4. The normalized spacial score (nSPS) is 15.7. The number of fused-ring (bicyclic) bond motifs is 1. The highest BCUT2D eigenvalue weighted by atomic mass is 32.1. The molecule has 0 aliphatic carbocycles. The average molecular weight is 276 g/mol. The molecule has 0 atom stereocenters. The molecule has 0 spiro atoms. The number of likely N-dealkylation sites (tertiary alicyclic amines) is 1. The Kier molecular flexibility index (Phi) is 3.48. The number of carbonyl (C=O) groups is 1. The third kappa shape index (κ3) is 2.62. The first-order valence-electron chi connectivity index (χ1n) is 6.49. The van der Waals surface area contributed by atoms with Gasteiger partial charge in [0.2, 0.25) is 5.91 Å². The Morgan fingerprint density at radius 1 is 1.42 bits per heavy atom. The van der Waals surface area contributed by atoms with Crippen molar-refractivity contribution in [1.82, 2.24) is 9.88 Å². The molecular weight excluding hydrogens is 260 g/mol. The second kappa shape index (κ2) is 5.27. The molecule has 1 aromatic carbocycles. The van der Waals surface area contributed by atoms with Gasteiger partial charge in [0.1, 0.15) is 0 Å². The maximum absolute atomic E-state index is 11.9. The van der Waals surface area contributed by atoms with Crippen LogP contribution in [0.3, 0.4) is 0 Å². The van der Waals surface area contributed by atoms with Crippen molar-refractivity contribution in [1.29, 1.82) is 0 Å². The topological polar surface area (TPSA) is 53.4 Å². The zero-order valence-corrected chi connectivity index (χ0v) is 11.4. The van der Waals surface area contributed by atoms with Crippen LogP contribution in [0.5, 0.6) is 0 Å². The second-order valence-corrected chi connectivity index (χ2v) is 6.04. The molecule has 100 valence electrons. The molecule has 1 aliphatic heterocycles. The highest BCUT2D eigenvalue weighted by molar-refractivity contribution is 7.18. The molecule has 1 aromatic heterocycles. The van der Waals surface area contributed by atoms with Crippen LogP contribution < -0.4 is 0 Å². The summed E-state index contributed by atoms with van der Waals surface area (Å²) < 4.78 is 1.18. The molecule has 1 amide bonds. The van der Waals surface area contributed by atoms with Crippen LogP contribution in [0.4, 0.5) is 0 Å². The number of carbonyl (C=O) groups excluding carboxylic acids is 1. The summed E-state index contributed by atoms with van der Waals surface area (Å²) in [7, 11) is 0. The Bertz CT molecular complexity index is 557. The fourth-order valence-corrected chi connectivity index (χ4v) is 3.25. The summed E-state index contributed by atoms with van der Waals surface area (Å²) in [5.41, 5.74) is 1.01. The summed E-state index contributed by atoms with van der Waals surface area (Å²) >= 11 is 1.66. The Hall–Kier alpha value is -1.46. The Morgan fingerprint density at radius 3 is 2.95 bits per heavy atom. The monoisotopic (exact) mass is 276 g/mol. The molecule has 1 N–H and O–H groups in total. The average Bonchev–Trinajstić information content (AvgIpc) is 2.77. The van der Waals surface area contributed by atoms with Gasteiger partial charge in [-0.25, -0.2) is 4.98 Å². The molecule has 0 radical (unpaired) electrons. The van der Waals surface area contributed by atoms with Gasteiger partial charge in [0, 0.05) is 38.5 Å². The van der Waals surface area contributed by atoms with Crippen molar-refractivity contribution >= 4 is 27.5 Å². The summed E-state index contributed by atoms with van der Waals surface area (Å²) in [6.45, 7) is 1.59. The SMILES string of the molecule is O=C(CCc1nc2ccccc2s1)N1CC(CO)C1. The lowest BCUT2D eigenvalue weighted by molar-refractivity contribution is -0.138. The third-order valence-electron chi connectivity index (χ3n) is 3.46. The van der Waals surface area contributed by atoms with Crippen molar-refractivity contribution in [2.75, 3.05) is 19.7 Å². The molecule has 0 bridgehead atoms. The maximum Gasteiger partial charge on any atom is 0.223 e. The number of aromatic nitrogens is 1. The summed E-state index contributed by atoms with van der Waals surface area (Å²) in [4.78, 5) is 18.2. The van der Waals surface area contributed by atoms with Crippen LogP contribution in [0, 0.1) is 5.92 Å². The zero-order valence-electron chi connectivity index (χ0n) is 10.6. The molecule has 0 saturated carbocycles. The minimum absolute atomic E-state index is 0.170. The molecule has 1 saturated heterocycles. The van der Waals surface area contributed by atoms with Crippen molar-refractivity contribution < 1.29 is 9.90 Å². The van der Waals surface area contributed by atoms with E-state index in [1.54, 1.807) is 11.3 Å². The van der Waals surface area contributed by atoms with Gasteiger partial charge >= 0.3 is 0 Å². The van der Waals surface area contributed by atoms with Gasteiger partial charge in [-0.1, -0.05) is 12.1 Å². The molecule has 2 heterocycles. The van der Waals surface area contributed by atoms with E-state index < -0.39 is 0 Å². The third-order valence-corrected chi connectivity index (χ3v) is 4.56. The maximum atomic E-state index is 11.9. The molecule has 1 fully saturated rings. The van der Waals surface area contributed by atoms with Crippen LogP contribution in [0.15, 0.2) is 24.3 Å². The number of aliphatic hydroxyl groups excluding tert-OH is 1. The van der Waals surface area contributed by atoms with Crippen LogP contribution in [-0.4, -0.2) is 40.6 Å². The molecule has 4 nitrogen and oxygen atoms in total. The Morgan fingerprint density at radius 2 is 2.21 bits per heavy atom. The first kappa shape index (κ1) is 12.6. The number of aryl methyl sites for hydroxylation is 1.